The molecule has 6 nitrogen and oxygen atoms in total. The molecule has 0 aromatic heterocycles. The summed E-state index contributed by atoms with van der Waals surface area (Å²) in [5.41, 5.74) is 2.89. The van der Waals surface area contributed by atoms with Crippen molar-refractivity contribution in [2.24, 2.45) is 5.92 Å². The second-order valence-electron chi connectivity index (χ2n) is 8.09. The molecule has 0 saturated heterocycles. The average molecular weight is 506 g/mol. The number of para-hydroxylation sites is 1. The zero-order valence-corrected chi connectivity index (χ0v) is 20.1. The largest absolute Gasteiger partial charge is 0.372 e. The van der Waals surface area contributed by atoms with Crippen LogP contribution in [0.4, 0.5) is 11.4 Å². The lowest BCUT2D eigenvalue weighted by atomic mass is 10.2. The molecule has 2 aliphatic rings. The van der Waals surface area contributed by atoms with E-state index in [0.717, 1.165) is 49.3 Å². The van der Waals surface area contributed by atoms with Crippen molar-refractivity contribution < 1.29 is 13.2 Å². The third-order valence-corrected chi connectivity index (χ3v) is 8.33. The predicted molar refractivity (Wildman–Crippen MR) is 127 cm³/mol. The minimum atomic E-state index is -3.69. The monoisotopic (exact) mass is 505 g/mol. The zero-order chi connectivity index (χ0) is 22.0. The lowest BCUT2D eigenvalue weighted by Crippen LogP contribution is -2.31. The van der Waals surface area contributed by atoms with Gasteiger partial charge in [-0.15, -0.1) is 0 Å². The third kappa shape index (κ3) is 4.96. The number of halogens is 1. The van der Waals surface area contributed by atoms with Crippen LogP contribution >= 0.6 is 15.9 Å². The van der Waals surface area contributed by atoms with Crippen LogP contribution in [-0.2, 0) is 21.2 Å². The van der Waals surface area contributed by atoms with E-state index in [4.69, 9.17) is 0 Å². The Morgan fingerprint density at radius 1 is 1.23 bits per heavy atom. The third-order valence-electron chi connectivity index (χ3n) is 5.91. The molecular formula is C23H28BrN3O3S. The summed E-state index contributed by atoms with van der Waals surface area (Å²) in [7, 11) is -3.69. The maximum Gasteiger partial charge on any atom is 0.241 e. The number of fused-ring (bicyclic) bond motifs is 1. The Bertz CT molecular complexity index is 1060. The maximum absolute atomic E-state index is 13.0. The lowest BCUT2D eigenvalue weighted by molar-refractivity contribution is -0.119. The van der Waals surface area contributed by atoms with Gasteiger partial charge in [0.25, 0.3) is 0 Å². The van der Waals surface area contributed by atoms with Crippen molar-refractivity contribution >= 4 is 43.2 Å². The van der Waals surface area contributed by atoms with Crippen LogP contribution in [0.25, 0.3) is 0 Å². The molecule has 1 amide bonds. The van der Waals surface area contributed by atoms with Gasteiger partial charge in [0.15, 0.2) is 0 Å². The highest BCUT2D eigenvalue weighted by Crippen LogP contribution is 2.39. The second-order valence-corrected chi connectivity index (χ2v) is 10.7. The van der Waals surface area contributed by atoms with Crippen LogP contribution in [-0.4, -0.2) is 40.5 Å². The number of nitrogens with one attached hydrogen (secondary N) is 1. The van der Waals surface area contributed by atoms with Gasteiger partial charge in [0.2, 0.25) is 15.9 Å². The first-order valence-corrected chi connectivity index (χ1v) is 13.1. The predicted octanol–water partition coefficient (Wildman–Crippen LogP) is 3.94. The lowest BCUT2D eigenvalue weighted by Gasteiger charge is -2.23. The number of nitrogens with zero attached hydrogens (tertiary/aromatic N) is 2. The van der Waals surface area contributed by atoms with E-state index < -0.39 is 10.0 Å². The molecule has 31 heavy (non-hydrogen) atoms. The van der Waals surface area contributed by atoms with Gasteiger partial charge in [0.05, 0.1) is 4.90 Å². The fraction of sp³-hybridized carbons (Fsp3) is 0.435. The van der Waals surface area contributed by atoms with Crippen molar-refractivity contribution in [3.63, 3.8) is 0 Å². The van der Waals surface area contributed by atoms with Crippen LogP contribution in [0.15, 0.2) is 51.8 Å². The zero-order valence-electron chi connectivity index (χ0n) is 17.7. The van der Waals surface area contributed by atoms with Crippen LogP contribution in [0.5, 0.6) is 0 Å². The minimum absolute atomic E-state index is 0.110. The Kier molecular flexibility index (Phi) is 6.69. The van der Waals surface area contributed by atoms with Crippen LogP contribution in [0.3, 0.4) is 0 Å². The summed E-state index contributed by atoms with van der Waals surface area (Å²) in [6, 6.07) is 13.6. The van der Waals surface area contributed by atoms with Gasteiger partial charge in [0, 0.05) is 47.9 Å². The number of anilines is 2. The van der Waals surface area contributed by atoms with Crippen molar-refractivity contribution in [1.29, 1.82) is 0 Å². The molecule has 0 radical (unpaired) electrons. The summed E-state index contributed by atoms with van der Waals surface area (Å²) in [6.45, 7) is 4.68. The van der Waals surface area contributed by atoms with Crippen molar-refractivity contribution in [3.8, 4) is 0 Å². The molecule has 2 aromatic carbocycles. The number of hydrogen-bond donors (Lipinski definition) is 1. The maximum atomic E-state index is 13.0. The molecule has 166 valence electrons. The molecular weight excluding hydrogens is 478 g/mol. The van der Waals surface area contributed by atoms with E-state index in [1.807, 2.05) is 24.3 Å². The quantitative estimate of drug-likeness (QED) is 0.524. The van der Waals surface area contributed by atoms with Crippen molar-refractivity contribution in [2.75, 3.05) is 36.0 Å². The number of benzene rings is 2. The van der Waals surface area contributed by atoms with Crippen molar-refractivity contribution in [3.05, 3.63) is 52.5 Å². The van der Waals surface area contributed by atoms with Gasteiger partial charge in [-0.25, -0.2) is 13.1 Å². The Morgan fingerprint density at radius 2 is 1.97 bits per heavy atom. The topological polar surface area (TPSA) is 69.7 Å². The van der Waals surface area contributed by atoms with Gasteiger partial charge in [-0.2, -0.15) is 0 Å². The molecule has 1 saturated carbocycles. The highest BCUT2D eigenvalue weighted by molar-refractivity contribution is 9.10. The molecule has 1 aliphatic carbocycles. The van der Waals surface area contributed by atoms with E-state index in [2.05, 4.69) is 44.6 Å². The first-order chi connectivity index (χ1) is 14.9. The number of carbonyl (C=O) groups is 1. The van der Waals surface area contributed by atoms with E-state index >= 15 is 0 Å². The molecule has 1 N–H and O–H groups in total. The van der Waals surface area contributed by atoms with Crippen LogP contribution < -0.4 is 14.5 Å². The summed E-state index contributed by atoms with van der Waals surface area (Å²) >= 11 is 3.43. The van der Waals surface area contributed by atoms with Gasteiger partial charge >= 0.3 is 0 Å². The van der Waals surface area contributed by atoms with E-state index in [9.17, 15) is 13.2 Å². The van der Waals surface area contributed by atoms with Crippen molar-refractivity contribution in [2.45, 2.75) is 37.5 Å². The number of hydrogen-bond acceptors (Lipinski definition) is 4. The van der Waals surface area contributed by atoms with E-state index in [-0.39, 0.29) is 16.7 Å². The number of amides is 1. The average Bonchev–Trinajstić information content (AvgIpc) is 3.53. The molecule has 2 aromatic rings. The van der Waals surface area contributed by atoms with Gasteiger partial charge in [0.1, 0.15) is 0 Å². The number of carbonyl (C=O) groups excluding carboxylic acids is 1. The molecule has 4 rings (SSSR count). The first-order valence-electron chi connectivity index (χ1n) is 10.8. The standard InChI is InChI=1S/C23H28BrN3O3S/c1-2-26(19-7-4-3-5-8-19)13-6-12-25-31(29,30)22-16-21-18(15-20(22)24)11-14-27(21)23(28)17-9-10-17/h3-5,7-8,15-17,25H,2,6,9-14H2,1H3. The van der Waals surface area contributed by atoms with Gasteiger partial charge < -0.3 is 9.80 Å². The van der Waals surface area contributed by atoms with Crippen LogP contribution in [0.2, 0.25) is 0 Å². The summed E-state index contributed by atoms with van der Waals surface area (Å²) < 4.78 is 29.3. The van der Waals surface area contributed by atoms with Gasteiger partial charge in [-0.05, 0) is 78.4 Å². The highest BCUT2D eigenvalue weighted by Gasteiger charge is 2.37. The first kappa shape index (κ1) is 22.3. The Hall–Kier alpha value is -1.90. The van der Waals surface area contributed by atoms with Crippen molar-refractivity contribution in [1.82, 2.24) is 4.72 Å². The molecule has 1 aliphatic heterocycles. The molecule has 0 unspecified atom stereocenters. The fourth-order valence-corrected chi connectivity index (χ4v) is 6.22. The summed E-state index contributed by atoms with van der Waals surface area (Å²) in [4.78, 5) is 16.8. The molecule has 0 spiro atoms. The fourth-order valence-electron chi connectivity index (χ4n) is 4.04. The van der Waals surface area contributed by atoms with Gasteiger partial charge in [-0.3, -0.25) is 4.79 Å². The Labute approximate surface area is 192 Å². The van der Waals surface area contributed by atoms with E-state index in [1.54, 1.807) is 11.0 Å². The SMILES string of the molecule is CCN(CCCNS(=O)(=O)c1cc2c(cc1Br)CCN2C(=O)C1CC1)c1ccccc1. The summed E-state index contributed by atoms with van der Waals surface area (Å²) in [5, 5.41) is 0. The molecule has 8 heteroatoms. The summed E-state index contributed by atoms with van der Waals surface area (Å²) in [6.07, 6.45) is 3.32. The molecule has 1 fully saturated rings. The smallest absolute Gasteiger partial charge is 0.241 e. The highest BCUT2D eigenvalue weighted by atomic mass is 79.9. The second kappa shape index (κ2) is 9.30. The molecule has 0 atom stereocenters. The molecule has 1 heterocycles. The van der Waals surface area contributed by atoms with Crippen LogP contribution in [0.1, 0.15) is 31.7 Å². The minimum Gasteiger partial charge on any atom is -0.372 e. The Balaban J connectivity index is 1.42. The van der Waals surface area contributed by atoms with Crippen LogP contribution in [0, 0.1) is 5.92 Å². The van der Waals surface area contributed by atoms with E-state index in [0.29, 0.717) is 24.0 Å². The normalized spacial score (nSPS) is 15.7. The number of sulfonamides is 1. The molecule has 0 bridgehead atoms. The Morgan fingerprint density at radius 3 is 2.65 bits per heavy atom. The van der Waals surface area contributed by atoms with Gasteiger partial charge in [-0.1, -0.05) is 18.2 Å². The summed E-state index contributed by atoms with van der Waals surface area (Å²) in [5.74, 6) is 0.233. The number of rotatable bonds is 9. The van der Waals surface area contributed by atoms with E-state index in [1.165, 1.54) is 0 Å².